The summed E-state index contributed by atoms with van der Waals surface area (Å²) in [7, 11) is 0. The molecule has 1 heterocycles. The van der Waals surface area contributed by atoms with Gasteiger partial charge in [0.25, 0.3) is 0 Å². The minimum atomic E-state index is -0.602. The van der Waals surface area contributed by atoms with E-state index in [-0.39, 0.29) is 17.0 Å². The van der Waals surface area contributed by atoms with Gasteiger partial charge in [0.15, 0.2) is 17.5 Å². The molecular weight excluding hydrogens is 404 g/mol. The highest BCUT2D eigenvalue weighted by Crippen LogP contribution is 2.31. The number of hydrogen-bond donors (Lipinski definition) is 0. The Bertz CT molecular complexity index is 1320. The lowest BCUT2D eigenvalue weighted by molar-refractivity contribution is 0.605. The number of benzene rings is 4. The first kappa shape index (κ1) is 19.7. The van der Waals surface area contributed by atoms with Gasteiger partial charge < -0.3 is 0 Å². The maximum absolute atomic E-state index is 15.2. The molecule has 4 aromatic carbocycles. The molecule has 0 aliphatic carbocycles. The average molecular weight is 421 g/mol. The fourth-order valence-corrected chi connectivity index (χ4v) is 3.49. The SMILES string of the molecule is Fc1cc(-c2nc(-c3ccccc3)nc(-c3ccccc3)n2)c(F)cc1-c1ccccc1. The maximum atomic E-state index is 15.2. The molecule has 0 atom stereocenters. The van der Waals surface area contributed by atoms with Crippen LogP contribution in [-0.2, 0) is 0 Å². The topological polar surface area (TPSA) is 38.7 Å². The van der Waals surface area contributed by atoms with Gasteiger partial charge in [0.1, 0.15) is 11.6 Å². The van der Waals surface area contributed by atoms with Crippen molar-refractivity contribution < 1.29 is 8.78 Å². The van der Waals surface area contributed by atoms with Crippen molar-refractivity contribution in [3.05, 3.63) is 115 Å². The molecule has 0 fully saturated rings. The molecule has 0 N–H and O–H groups in total. The lowest BCUT2D eigenvalue weighted by Crippen LogP contribution is -2.02. The van der Waals surface area contributed by atoms with Gasteiger partial charge in [-0.1, -0.05) is 91.0 Å². The second-order valence-corrected chi connectivity index (χ2v) is 7.22. The van der Waals surface area contributed by atoms with E-state index in [2.05, 4.69) is 15.0 Å². The second-order valence-electron chi connectivity index (χ2n) is 7.22. The largest absolute Gasteiger partial charge is 0.208 e. The Balaban J connectivity index is 1.68. The molecule has 0 saturated heterocycles. The van der Waals surface area contributed by atoms with Crippen LogP contribution in [0.15, 0.2) is 103 Å². The molecule has 5 rings (SSSR count). The zero-order valence-electron chi connectivity index (χ0n) is 16.9. The number of halogens is 2. The van der Waals surface area contributed by atoms with Crippen LogP contribution >= 0.6 is 0 Å². The molecular formula is C27H17F2N3. The maximum Gasteiger partial charge on any atom is 0.167 e. The van der Waals surface area contributed by atoms with Crippen LogP contribution < -0.4 is 0 Å². The summed E-state index contributed by atoms with van der Waals surface area (Å²) in [5.74, 6) is -0.290. The Hall–Kier alpha value is -4.25. The van der Waals surface area contributed by atoms with E-state index in [4.69, 9.17) is 0 Å². The van der Waals surface area contributed by atoms with Crippen LogP contribution in [0.4, 0.5) is 8.78 Å². The minimum Gasteiger partial charge on any atom is -0.208 e. The highest BCUT2D eigenvalue weighted by molar-refractivity contribution is 5.71. The van der Waals surface area contributed by atoms with Crippen LogP contribution in [0.1, 0.15) is 0 Å². The molecule has 0 radical (unpaired) electrons. The summed E-state index contributed by atoms with van der Waals surface area (Å²) in [5.41, 5.74) is 2.29. The summed E-state index contributed by atoms with van der Waals surface area (Å²) in [6.45, 7) is 0. The summed E-state index contributed by atoms with van der Waals surface area (Å²) < 4.78 is 30.2. The molecule has 1 aromatic heterocycles. The van der Waals surface area contributed by atoms with Crippen LogP contribution in [0.2, 0.25) is 0 Å². The van der Waals surface area contributed by atoms with Gasteiger partial charge in [0.2, 0.25) is 0 Å². The Morgan fingerprint density at radius 1 is 0.406 bits per heavy atom. The van der Waals surface area contributed by atoms with Gasteiger partial charge in [-0.2, -0.15) is 0 Å². The first-order valence-electron chi connectivity index (χ1n) is 10.1. The fraction of sp³-hybridized carbons (Fsp3) is 0. The van der Waals surface area contributed by atoms with Gasteiger partial charge >= 0.3 is 0 Å². The quantitative estimate of drug-likeness (QED) is 0.320. The van der Waals surface area contributed by atoms with Crippen molar-refractivity contribution in [3.63, 3.8) is 0 Å². The smallest absolute Gasteiger partial charge is 0.167 e. The predicted octanol–water partition coefficient (Wildman–Crippen LogP) is 6.82. The molecule has 32 heavy (non-hydrogen) atoms. The molecule has 5 heteroatoms. The summed E-state index contributed by atoms with van der Waals surface area (Å²) in [6, 6.07) is 29.9. The van der Waals surface area contributed by atoms with Crippen molar-refractivity contribution in [2.24, 2.45) is 0 Å². The van der Waals surface area contributed by atoms with E-state index in [1.807, 2.05) is 66.7 Å². The van der Waals surface area contributed by atoms with Crippen molar-refractivity contribution in [1.82, 2.24) is 15.0 Å². The van der Waals surface area contributed by atoms with Crippen molar-refractivity contribution in [2.75, 3.05) is 0 Å². The van der Waals surface area contributed by atoms with E-state index in [1.54, 1.807) is 24.3 Å². The molecule has 0 bridgehead atoms. The summed E-state index contributed by atoms with van der Waals surface area (Å²) >= 11 is 0. The first-order chi connectivity index (χ1) is 15.7. The number of nitrogens with zero attached hydrogens (tertiary/aromatic N) is 3. The predicted molar refractivity (Wildman–Crippen MR) is 121 cm³/mol. The van der Waals surface area contributed by atoms with Gasteiger partial charge in [-0.3, -0.25) is 0 Å². The fourth-order valence-electron chi connectivity index (χ4n) is 3.49. The van der Waals surface area contributed by atoms with Gasteiger partial charge in [0.05, 0.1) is 5.56 Å². The van der Waals surface area contributed by atoms with Crippen molar-refractivity contribution in [3.8, 4) is 45.3 Å². The van der Waals surface area contributed by atoms with E-state index in [0.717, 1.165) is 17.2 Å². The Morgan fingerprint density at radius 2 is 0.781 bits per heavy atom. The van der Waals surface area contributed by atoms with Crippen LogP contribution in [0.3, 0.4) is 0 Å². The van der Waals surface area contributed by atoms with Gasteiger partial charge in [-0.25, -0.2) is 23.7 Å². The number of rotatable bonds is 4. The standard InChI is InChI=1S/C27H17F2N3/c28-23-17-22(24(29)16-21(23)18-10-4-1-5-11-18)27-31-25(19-12-6-2-7-13-19)30-26(32-27)20-14-8-3-9-15-20/h1-17H. The van der Waals surface area contributed by atoms with E-state index >= 15 is 8.78 Å². The summed E-state index contributed by atoms with van der Waals surface area (Å²) in [6.07, 6.45) is 0. The number of hydrogen-bond acceptors (Lipinski definition) is 3. The van der Waals surface area contributed by atoms with Crippen molar-refractivity contribution in [2.45, 2.75) is 0 Å². The van der Waals surface area contributed by atoms with Crippen LogP contribution in [0.5, 0.6) is 0 Å². The highest BCUT2D eigenvalue weighted by atomic mass is 19.1. The molecule has 0 aliphatic heterocycles. The molecule has 154 valence electrons. The van der Waals surface area contributed by atoms with E-state index in [9.17, 15) is 0 Å². The average Bonchev–Trinajstić information content (AvgIpc) is 2.86. The lowest BCUT2D eigenvalue weighted by Gasteiger charge is -2.11. The monoisotopic (exact) mass is 421 g/mol. The molecule has 0 saturated carbocycles. The minimum absolute atomic E-state index is 0.0149. The zero-order valence-corrected chi connectivity index (χ0v) is 16.9. The van der Waals surface area contributed by atoms with Crippen LogP contribution in [-0.4, -0.2) is 15.0 Å². The third-order valence-electron chi connectivity index (χ3n) is 5.08. The Labute approximate surface area is 184 Å². The highest BCUT2D eigenvalue weighted by Gasteiger charge is 2.18. The Kier molecular flexibility index (Phi) is 5.22. The third-order valence-corrected chi connectivity index (χ3v) is 5.08. The van der Waals surface area contributed by atoms with Crippen LogP contribution in [0.25, 0.3) is 45.3 Å². The van der Waals surface area contributed by atoms with Gasteiger partial charge in [0, 0.05) is 16.7 Å². The summed E-state index contributed by atoms with van der Waals surface area (Å²) in [4.78, 5) is 13.5. The van der Waals surface area contributed by atoms with E-state index < -0.39 is 11.6 Å². The second kappa shape index (κ2) is 8.47. The molecule has 0 spiro atoms. The van der Waals surface area contributed by atoms with Gasteiger partial charge in [-0.05, 0) is 17.7 Å². The van der Waals surface area contributed by atoms with Crippen molar-refractivity contribution in [1.29, 1.82) is 0 Å². The van der Waals surface area contributed by atoms with Crippen molar-refractivity contribution >= 4 is 0 Å². The van der Waals surface area contributed by atoms with Gasteiger partial charge in [-0.15, -0.1) is 0 Å². The molecule has 3 nitrogen and oxygen atoms in total. The lowest BCUT2D eigenvalue weighted by atomic mass is 10.0. The normalized spacial score (nSPS) is 10.8. The third kappa shape index (κ3) is 3.88. The zero-order chi connectivity index (χ0) is 21.9. The molecule has 0 unspecified atom stereocenters. The van der Waals surface area contributed by atoms with Crippen LogP contribution in [0, 0.1) is 11.6 Å². The molecule has 0 amide bonds. The summed E-state index contributed by atoms with van der Waals surface area (Å²) in [5, 5.41) is 0. The first-order valence-corrected chi connectivity index (χ1v) is 10.1. The number of aromatic nitrogens is 3. The Morgan fingerprint density at radius 3 is 1.28 bits per heavy atom. The van der Waals surface area contributed by atoms with E-state index in [1.165, 1.54) is 6.07 Å². The van der Waals surface area contributed by atoms with E-state index in [0.29, 0.717) is 17.2 Å². The molecule has 0 aliphatic rings. The molecule has 5 aromatic rings.